The molecule has 3 heterocycles. The van der Waals surface area contributed by atoms with Crippen LogP contribution in [0.2, 0.25) is 0 Å². The number of hydrogen-bond donors (Lipinski definition) is 1. The van der Waals surface area contributed by atoms with E-state index in [1.54, 1.807) is 0 Å². The maximum atomic E-state index is 13.7. The molecule has 1 aliphatic carbocycles. The van der Waals surface area contributed by atoms with Crippen LogP contribution in [0.5, 0.6) is 0 Å². The second kappa shape index (κ2) is 5.97. The number of piperazine rings is 1. The number of hydrogen-bond acceptors (Lipinski definition) is 2. The highest BCUT2D eigenvalue weighted by molar-refractivity contribution is 6.01. The Bertz CT molecular complexity index is 1190. The molecule has 2 fully saturated rings. The Hall–Kier alpha value is -3.08. The van der Waals surface area contributed by atoms with Gasteiger partial charge in [0, 0.05) is 29.4 Å². The number of carbonyl (C=O) groups excluding carboxylic acids is 2. The van der Waals surface area contributed by atoms with E-state index in [1.165, 1.54) is 11.1 Å². The number of benzene rings is 2. The lowest BCUT2D eigenvalue weighted by Gasteiger charge is -2.51. The second-order valence-electron chi connectivity index (χ2n) is 9.16. The molecule has 0 unspecified atom stereocenters. The smallest absolute Gasteiger partial charge is 0.255 e. The summed E-state index contributed by atoms with van der Waals surface area (Å²) in [5, 5.41) is 1.14. The van der Waals surface area contributed by atoms with Crippen molar-refractivity contribution in [2.75, 3.05) is 13.1 Å². The van der Waals surface area contributed by atoms with Gasteiger partial charge < -0.3 is 14.8 Å². The van der Waals surface area contributed by atoms with E-state index >= 15 is 0 Å². The van der Waals surface area contributed by atoms with E-state index < -0.39 is 5.54 Å². The Morgan fingerprint density at radius 2 is 1.77 bits per heavy atom. The minimum atomic E-state index is -0.979. The summed E-state index contributed by atoms with van der Waals surface area (Å²) in [7, 11) is 0. The van der Waals surface area contributed by atoms with Crippen LogP contribution in [0.25, 0.3) is 10.9 Å². The molecule has 1 saturated heterocycles. The number of nitrogens with zero attached hydrogens (tertiary/aromatic N) is 2. The number of carbonyl (C=O) groups is 2. The summed E-state index contributed by atoms with van der Waals surface area (Å²) in [4.78, 5) is 34.2. The lowest BCUT2D eigenvalue weighted by molar-refractivity contribution is -0.166. The molecule has 30 heavy (non-hydrogen) atoms. The predicted octanol–water partition coefficient (Wildman–Crippen LogP) is 3.67. The third-order valence-electron chi connectivity index (χ3n) is 7.24. The van der Waals surface area contributed by atoms with Crippen molar-refractivity contribution in [3.63, 3.8) is 0 Å². The van der Waals surface area contributed by atoms with Gasteiger partial charge >= 0.3 is 0 Å². The Balaban J connectivity index is 1.60. The molecule has 0 spiro atoms. The van der Waals surface area contributed by atoms with Gasteiger partial charge in [0.2, 0.25) is 5.91 Å². The van der Waals surface area contributed by atoms with E-state index in [4.69, 9.17) is 0 Å². The molecule has 5 heteroatoms. The lowest BCUT2D eigenvalue weighted by Crippen LogP contribution is -2.67. The van der Waals surface area contributed by atoms with Crippen molar-refractivity contribution in [1.82, 2.24) is 14.8 Å². The largest absolute Gasteiger partial charge is 0.356 e. The van der Waals surface area contributed by atoms with E-state index in [1.807, 2.05) is 28.9 Å². The number of amides is 2. The van der Waals surface area contributed by atoms with Gasteiger partial charge in [0.1, 0.15) is 6.54 Å². The van der Waals surface area contributed by atoms with Crippen molar-refractivity contribution < 1.29 is 9.59 Å². The fourth-order valence-corrected chi connectivity index (χ4v) is 5.41. The van der Waals surface area contributed by atoms with Crippen LogP contribution < -0.4 is 0 Å². The van der Waals surface area contributed by atoms with Crippen molar-refractivity contribution in [1.29, 1.82) is 0 Å². The van der Waals surface area contributed by atoms with Gasteiger partial charge in [-0.25, -0.2) is 0 Å². The fourth-order valence-electron chi connectivity index (χ4n) is 5.41. The Labute approximate surface area is 175 Å². The molecule has 1 saturated carbocycles. The molecule has 2 aromatic carbocycles. The number of fused-ring (bicyclic) bond motifs is 5. The second-order valence-corrected chi connectivity index (χ2v) is 9.16. The van der Waals surface area contributed by atoms with Crippen molar-refractivity contribution in [3.8, 4) is 0 Å². The zero-order valence-corrected chi connectivity index (χ0v) is 17.3. The first kappa shape index (κ1) is 17.8. The molecule has 152 valence electrons. The average molecular weight is 399 g/mol. The fraction of sp³-hybridized carbons (Fsp3) is 0.360. The van der Waals surface area contributed by atoms with Gasteiger partial charge in [-0.3, -0.25) is 9.59 Å². The van der Waals surface area contributed by atoms with Crippen molar-refractivity contribution in [3.05, 3.63) is 70.9 Å². The summed E-state index contributed by atoms with van der Waals surface area (Å²) in [6.45, 7) is 4.74. The molecule has 0 radical (unpaired) electrons. The molecule has 0 bridgehead atoms. The number of rotatable bonds is 2. The highest BCUT2D eigenvalue weighted by atomic mass is 16.2. The summed E-state index contributed by atoms with van der Waals surface area (Å²) in [5.74, 6) is 0.138. The van der Waals surface area contributed by atoms with Gasteiger partial charge in [-0.05, 0) is 43.9 Å². The van der Waals surface area contributed by atoms with E-state index in [-0.39, 0.29) is 30.3 Å². The topological polar surface area (TPSA) is 56.4 Å². The number of aromatic nitrogens is 1. The van der Waals surface area contributed by atoms with E-state index in [0.29, 0.717) is 6.54 Å². The van der Waals surface area contributed by atoms with Crippen LogP contribution in [0, 0.1) is 6.92 Å². The third kappa shape index (κ3) is 2.29. The number of nitrogens with one attached hydrogen (secondary N) is 1. The number of aryl methyl sites for hydroxylation is 1. The molecule has 6 rings (SSSR count). The Morgan fingerprint density at radius 1 is 1.03 bits per heavy atom. The zero-order chi connectivity index (χ0) is 20.6. The summed E-state index contributed by atoms with van der Waals surface area (Å²) in [5.41, 5.74) is 4.47. The van der Waals surface area contributed by atoms with Crippen molar-refractivity contribution >= 4 is 22.7 Å². The summed E-state index contributed by atoms with van der Waals surface area (Å²) < 4.78 is 0. The quantitative estimate of drug-likeness (QED) is 0.715. The van der Waals surface area contributed by atoms with Gasteiger partial charge in [-0.2, -0.15) is 0 Å². The zero-order valence-electron chi connectivity index (χ0n) is 17.3. The number of para-hydroxylation sites is 1. The van der Waals surface area contributed by atoms with Gasteiger partial charge in [0.25, 0.3) is 5.91 Å². The van der Waals surface area contributed by atoms with Crippen LogP contribution >= 0.6 is 0 Å². The van der Waals surface area contributed by atoms with Crippen LogP contribution in [-0.2, 0) is 15.1 Å². The van der Waals surface area contributed by atoms with Crippen LogP contribution in [0.1, 0.15) is 48.1 Å². The van der Waals surface area contributed by atoms with Crippen molar-refractivity contribution in [2.45, 2.75) is 44.2 Å². The number of H-pyrrole nitrogens is 1. The first-order valence-corrected chi connectivity index (χ1v) is 10.8. The molecule has 2 aliphatic heterocycles. The lowest BCUT2D eigenvalue weighted by atomic mass is 9.76. The SMILES string of the molecule is Cc1ccc([C@@H]2CN3C(=O)CN(C4CC4)C(=O)[C@@]3(C)c3[nH]c4ccccc4c32)cc1. The van der Waals surface area contributed by atoms with E-state index in [9.17, 15) is 9.59 Å². The molecule has 1 aromatic heterocycles. The van der Waals surface area contributed by atoms with Gasteiger partial charge in [0.05, 0.1) is 5.69 Å². The minimum absolute atomic E-state index is 0.0362. The maximum Gasteiger partial charge on any atom is 0.255 e. The molecule has 3 aromatic rings. The first-order chi connectivity index (χ1) is 14.5. The predicted molar refractivity (Wildman–Crippen MR) is 115 cm³/mol. The van der Waals surface area contributed by atoms with Crippen LogP contribution in [0.15, 0.2) is 48.5 Å². The molecular formula is C25H25N3O2. The van der Waals surface area contributed by atoms with Gasteiger partial charge in [0.15, 0.2) is 5.54 Å². The van der Waals surface area contributed by atoms with Crippen molar-refractivity contribution in [2.24, 2.45) is 0 Å². The Morgan fingerprint density at radius 3 is 2.50 bits per heavy atom. The van der Waals surface area contributed by atoms with E-state index in [2.05, 4.69) is 48.3 Å². The maximum absolute atomic E-state index is 13.7. The van der Waals surface area contributed by atoms with Gasteiger partial charge in [-0.15, -0.1) is 0 Å². The standard InChI is InChI=1S/C25H25N3O2/c1-15-7-9-16(10-8-15)19-13-28-21(29)14-27(17-11-12-17)24(30)25(28,2)23-22(19)18-5-3-4-6-20(18)26-23/h3-10,17,19,26H,11-14H2,1-2H3/t19-,25+/m0/s1. The monoisotopic (exact) mass is 399 g/mol. The van der Waals surface area contributed by atoms with Crippen LogP contribution in [-0.4, -0.2) is 45.7 Å². The van der Waals surface area contributed by atoms with E-state index in [0.717, 1.165) is 35.0 Å². The van der Waals surface area contributed by atoms with Crippen LogP contribution in [0.3, 0.4) is 0 Å². The van der Waals surface area contributed by atoms with Crippen LogP contribution in [0.4, 0.5) is 0 Å². The Kier molecular flexibility index (Phi) is 3.53. The molecule has 2 atom stereocenters. The molecular weight excluding hydrogens is 374 g/mol. The average Bonchev–Trinajstić information content (AvgIpc) is 3.51. The summed E-state index contributed by atoms with van der Waals surface area (Å²) in [6.07, 6.45) is 2.00. The highest BCUT2D eigenvalue weighted by Crippen LogP contribution is 2.49. The molecule has 5 nitrogen and oxygen atoms in total. The van der Waals surface area contributed by atoms with Gasteiger partial charge in [-0.1, -0.05) is 48.0 Å². The molecule has 1 N–H and O–H groups in total. The summed E-state index contributed by atoms with van der Waals surface area (Å²) in [6, 6.07) is 17.0. The third-order valence-corrected chi connectivity index (χ3v) is 7.24. The number of aromatic amines is 1. The highest BCUT2D eigenvalue weighted by Gasteiger charge is 2.58. The normalized spacial score (nSPS) is 26.1. The summed E-state index contributed by atoms with van der Waals surface area (Å²) >= 11 is 0. The molecule has 2 amide bonds. The molecule has 3 aliphatic rings. The first-order valence-electron chi connectivity index (χ1n) is 10.8. The minimum Gasteiger partial charge on any atom is -0.356 e.